The van der Waals surface area contributed by atoms with Crippen molar-refractivity contribution in [2.24, 2.45) is 5.92 Å². The zero-order chi connectivity index (χ0) is 22.0. The monoisotopic (exact) mass is 461 g/mol. The summed E-state index contributed by atoms with van der Waals surface area (Å²) in [6.45, 7) is 5.44. The Labute approximate surface area is 194 Å². The predicted octanol–water partition coefficient (Wildman–Crippen LogP) is 5.77. The molecule has 0 saturated carbocycles. The second kappa shape index (κ2) is 9.40. The molecule has 0 spiro atoms. The zero-order valence-corrected chi connectivity index (χ0v) is 19.6. The van der Waals surface area contributed by atoms with Crippen molar-refractivity contribution in [1.29, 1.82) is 0 Å². The summed E-state index contributed by atoms with van der Waals surface area (Å²) < 4.78 is 11.1. The number of ether oxygens (including phenoxy) is 2. The number of nitrogens with zero attached hydrogens (tertiary/aromatic N) is 1. The number of fused-ring (bicyclic) bond motifs is 1. The van der Waals surface area contributed by atoms with Gasteiger partial charge in [0.1, 0.15) is 4.87 Å². The number of halogens is 2. The number of rotatable bonds is 7. The lowest BCUT2D eigenvalue weighted by Crippen LogP contribution is -2.38. The van der Waals surface area contributed by atoms with E-state index in [1.807, 2.05) is 25.1 Å². The summed E-state index contributed by atoms with van der Waals surface area (Å²) in [5, 5.41) is 0.767. The van der Waals surface area contributed by atoms with Crippen LogP contribution in [0.25, 0.3) is 0 Å². The van der Waals surface area contributed by atoms with E-state index in [4.69, 9.17) is 32.7 Å². The molecule has 2 aromatic rings. The van der Waals surface area contributed by atoms with Crippen molar-refractivity contribution in [1.82, 2.24) is 4.90 Å². The fourth-order valence-electron chi connectivity index (χ4n) is 4.83. The van der Waals surface area contributed by atoms with Gasteiger partial charge in [-0.05, 0) is 87.0 Å². The quantitative estimate of drug-likeness (QED) is 0.490. The van der Waals surface area contributed by atoms with Crippen LogP contribution in [0.2, 0.25) is 5.02 Å². The minimum absolute atomic E-state index is 0.0223. The average molecular weight is 462 g/mol. The molecular formula is C25H29Cl2NO3. The zero-order valence-electron chi connectivity index (χ0n) is 18.1. The number of piperidine rings is 1. The van der Waals surface area contributed by atoms with Crippen molar-refractivity contribution >= 4 is 29.0 Å². The molecule has 1 unspecified atom stereocenters. The number of hydrogen-bond donors (Lipinski definition) is 0. The highest BCUT2D eigenvalue weighted by atomic mass is 35.5. The van der Waals surface area contributed by atoms with Crippen LogP contribution < -0.4 is 9.47 Å². The van der Waals surface area contributed by atoms with Crippen molar-refractivity contribution in [2.75, 3.05) is 26.8 Å². The normalized spacial score (nSPS) is 21.9. The van der Waals surface area contributed by atoms with Crippen LogP contribution in [0.3, 0.4) is 0 Å². The van der Waals surface area contributed by atoms with E-state index in [2.05, 4.69) is 17.0 Å². The first kappa shape index (κ1) is 22.4. The molecule has 1 aliphatic heterocycles. The summed E-state index contributed by atoms with van der Waals surface area (Å²) in [6, 6.07) is 11.8. The van der Waals surface area contributed by atoms with Crippen LogP contribution in [0.4, 0.5) is 0 Å². The number of Topliss-reactive ketones (excluding diaryl/α,β-unsaturated/α-hetero) is 1. The molecule has 1 atom stereocenters. The molecule has 0 N–H and O–H groups in total. The van der Waals surface area contributed by atoms with Crippen molar-refractivity contribution in [3.8, 4) is 11.5 Å². The van der Waals surface area contributed by atoms with Crippen molar-refractivity contribution in [3.63, 3.8) is 0 Å². The Morgan fingerprint density at radius 2 is 1.84 bits per heavy atom. The van der Waals surface area contributed by atoms with E-state index < -0.39 is 4.87 Å². The number of carbonyl (C=O) groups is 1. The van der Waals surface area contributed by atoms with E-state index in [1.165, 1.54) is 5.56 Å². The molecule has 0 bridgehead atoms. The molecule has 31 heavy (non-hydrogen) atoms. The molecule has 2 aliphatic rings. The topological polar surface area (TPSA) is 38.8 Å². The standard InChI is InChI=1S/C25H29Cl2NO3/c1-3-31-23-12-19-15-25(27,24(29)21(19)13-22(23)30-2)14-17-8-10-28(11-9-17)16-18-4-6-20(26)7-5-18/h4-7,12-13,17H,3,8-11,14-16H2,1-2H3. The minimum Gasteiger partial charge on any atom is -0.493 e. The maximum atomic E-state index is 13.2. The molecule has 0 radical (unpaired) electrons. The molecule has 166 valence electrons. The lowest BCUT2D eigenvalue weighted by atomic mass is 9.84. The first-order chi connectivity index (χ1) is 14.9. The smallest absolute Gasteiger partial charge is 0.184 e. The van der Waals surface area contributed by atoms with Gasteiger partial charge in [-0.1, -0.05) is 23.7 Å². The summed E-state index contributed by atoms with van der Waals surface area (Å²) in [4.78, 5) is 14.8. The van der Waals surface area contributed by atoms with Gasteiger partial charge in [0.05, 0.1) is 13.7 Å². The van der Waals surface area contributed by atoms with Crippen molar-refractivity contribution < 1.29 is 14.3 Å². The van der Waals surface area contributed by atoms with E-state index in [-0.39, 0.29) is 5.78 Å². The third kappa shape index (κ3) is 4.87. The lowest BCUT2D eigenvalue weighted by Gasteiger charge is -2.34. The Hall–Kier alpha value is -1.75. The van der Waals surface area contributed by atoms with Gasteiger partial charge in [0.15, 0.2) is 17.3 Å². The van der Waals surface area contributed by atoms with Crippen molar-refractivity contribution in [3.05, 3.63) is 58.1 Å². The van der Waals surface area contributed by atoms with Crippen LogP contribution >= 0.6 is 23.2 Å². The van der Waals surface area contributed by atoms with Gasteiger partial charge in [0.25, 0.3) is 0 Å². The van der Waals surface area contributed by atoms with Gasteiger partial charge in [-0.3, -0.25) is 9.69 Å². The summed E-state index contributed by atoms with van der Waals surface area (Å²) in [5.74, 6) is 1.73. The fraction of sp³-hybridized carbons (Fsp3) is 0.480. The Morgan fingerprint density at radius 1 is 1.13 bits per heavy atom. The molecule has 1 aliphatic carbocycles. The minimum atomic E-state index is -0.860. The molecule has 1 heterocycles. The maximum Gasteiger partial charge on any atom is 0.184 e. The van der Waals surface area contributed by atoms with Gasteiger partial charge in [-0.25, -0.2) is 0 Å². The van der Waals surface area contributed by atoms with Gasteiger partial charge >= 0.3 is 0 Å². The van der Waals surface area contributed by atoms with Gasteiger partial charge in [0, 0.05) is 17.1 Å². The predicted molar refractivity (Wildman–Crippen MR) is 125 cm³/mol. The summed E-state index contributed by atoms with van der Waals surface area (Å²) in [7, 11) is 1.59. The Balaban J connectivity index is 1.38. The van der Waals surface area contributed by atoms with Crippen LogP contribution in [-0.4, -0.2) is 42.4 Å². The summed E-state index contributed by atoms with van der Waals surface area (Å²) in [6.07, 6.45) is 3.37. The Kier molecular flexibility index (Phi) is 6.80. The van der Waals surface area contributed by atoms with Crippen molar-refractivity contribution in [2.45, 2.75) is 44.0 Å². The molecular weight excluding hydrogens is 433 g/mol. The second-order valence-corrected chi connectivity index (χ2v) is 9.77. The van der Waals surface area contributed by atoms with E-state index in [0.29, 0.717) is 42.4 Å². The molecule has 1 saturated heterocycles. The number of carbonyl (C=O) groups excluding carboxylic acids is 1. The molecule has 2 aromatic carbocycles. The fourth-order valence-corrected chi connectivity index (χ4v) is 5.42. The molecule has 0 amide bonds. The van der Waals surface area contributed by atoms with Gasteiger partial charge in [-0.2, -0.15) is 0 Å². The van der Waals surface area contributed by atoms with Crippen LogP contribution in [0, 0.1) is 5.92 Å². The van der Waals surface area contributed by atoms with Crippen LogP contribution in [0.5, 0.6) is 11.5 Å². The van der Waals surface area contributed by atoms with Crippen LogP contribution in [0.1, 0.15) is 47.7 Å². The molecule has 4 nitrogen and oxygen atoms in total. The number of likely N-dealkylation sites (tertiary alicyclic amines) is 1. The number of hydrogen-bond acceptors (Lipinski definition) is 4. The van der Waals surface area contributed by atoms with E-state index in [9.17, 15) is 4.79 Å². The highest BCUT2D eigenvalue weighted by molar-refractivity contribution is 6.39. The number of ketones is 1. The van der Waals surface area contributed by atoms with E-state index >= 15 is 0 Å². The third-order valence-electron chi connectivity index (χ3n) is 6.45. The maximum absolute atomic E-state index is 13.2. The number of methoxy groups -OCH3 is 1. The Morgan fingerprint density at radius 3 is 2.48 bits per heavy atom. The number of benzene rings is 2. The number of alkyl halides is 1. The third-order valence-corrected chi connectivity index (χ3v) is 7.16. The summed E-state index contributed by atoms with van der Waals surface area (Å²) >= 11 is 13.0. The van der Waals surface area contributed by atoms with Gasteiger partial charge < -0.3 is 9.47 Å². The SMILES string of the molecule is CCOc1cc2c(cc1OC)C(=O)C(Cl)(CC1CCN(Cc3ccc(Cl)cc3)CC1)C2. The van der Waals surface area contributed by atoms with Gasteiger partial charge in [-0.15, -0.1) is 11.6 Å². The average Bonchev–Trinajstić information content (AvgIpc) is 3.00. The molecule has 6 heteroatoms. The second-order valence-electron chi connectivity index (χ2n) is 8.61. The van der Waals surface area contributed by atoms with Gasteiger partial charge in [0.2, 0.25) is 0 Å². The first-order valence-corrected chi connectivity index (χ1v) is 11.7. The van der Waals surface area contributed by atoms with Crippen LogP contribution in [-0.2, 0) is 13.0 Å². The largest absolute Gasteiger partial charge is 0.493 e. The molecule has 4 rings (SSSR count). The highest BCUT2D eigenvalue weighted by Crippen LogP contribution is 2.45. The molecule has 0 aromatic heterocycles. The van der Waals surface area contributed by atoms with Crippen LogP contribution in [0.15, 0.2) is 36.4 Å². The first-order valence-electron chi connectivity index (χ1n) is 11.0. The molecule has 1 fully saturated rings. The van der Waals surface area contributed by atoms with E-state index in [0.717, 1.165) is 43.1 Å². The highest BCUT2D eigenvalue weighted by Gasteiger charge is 2.46. The summed E-state index contributed by atoms with van der Waals surface area (Å²) in [5.41, 5.74) is 2.91. The lowest BCUT2D eigenvalue weighted by molar-refractivity contribution is 0.0919. The van der Waals surface area contributed by atoms with E-state index in [1.54, 1.807) is 13.2 Å². The Bertz CT molecular complexity index is 939.